The Kier molecular flexibility index (Phi) is 5.76. The number of carbonyl (C=O) groups is 2. The number of pyridine rings is 1. The summed E-state index contributed by atoms with van der Waals surface area (Å²) in [7, 11) is 0. The van der Waals surface area contributed by atoms with Crippen LogP contribution in [0, 0.1) is 0 Å². The number of likely N-dealkylation sites (tertiary alicyclic amines) is 1. The zero-order valence-corrected chi connectivity index (χ0v) is 15.5. The molecule has 2 heterocycles. The third kappa shape index (κ3) is 4.41. The minimum absolute atomic E-state index is 0.0284. The quantitative estimate of drug-likeness (QED) is 0.577. The van der Waals surface area contributed by atoms with Gasteiger partial charge in [-0.2, -0.15) is 0 Å². The Bertz CT molecular complexity index is 756. The van der Waals surface area contributed by atoms with Gasteiger partial charge >= 0.3 is 0 Å². The van der Waals surface area contributed by atoms with E-state index in [0.29, 0.717) is 16.1 Å². The fourth-order valence-electron chi connectivity index (χ4n) is 2.76. The molecule has 130 valence electrons. The molecule has 0 spiro atoms. The molecule has 0 bridgehead atoms. The molecule has 2 aromatic rings. The zero-order valence-electron chi connectivity index (χ0n) is 13.9. The SMILES string of the molecule is C[C@@H](Sc1ccc(C(=O)N2CCCC2)cn1)C(=O)c1ccc(Cl)cc1. The van der Waals surface area contributed by atoms with Gasteiger partial charge in [-0.25, -0.2) is 4.98 Å². The van der Waals surface area contributed by atoms with Crippen LogP contribution in [0.2, 0.25) is 5.02 Å². The maximum absolute atomic E-state index is 12.5. The van der Waals surface area contributed by atoms with Crippen LogP contribution in [0.15, 0.2) is 47.6 Å². The van der Waals surface area contributed by atoms with Crippen molar-refractivity contribution in [1.29, 1.82) is 0 Å². The summed E-state index contributed by atoms with van der Waals surface area (Å²) < 4.78 is 0. The molecule has 1 fully saturated rings. The van der Waals surface area contributed by atoms with Crippen molar-refractivity contribution in [3.05, 3.63) is 58.7 Å². The Morgan fingerprint density at radius 3 is 2.32 bits per heavy atom. The molecule has 25 heavy (non-hydrogen) atoms. The Hall–Kier alpha value is -1.85. The molecule has 0 N–H and O–H groups in total. The van der Waals surface area contributed by atoms with Crippen molar-refractivity contribution >= 4 is 35.1 Å². The first-order valence-corrected chi connectivity index (χ1v) is 9.52. The van der Waals surface area contributed by atoms with Gasteiger partial charge in [-0.15, -0.1) is 0 Å². The Morgan fingerprint density at radius 2 is 1.72 bits per heavy atom. The molecule has 0 unspecified atom stereocenters. The lowest BCUT2D eigenvalue weighted by Crippen LogP contribution is -2.27. The van der Waals surface area contributed by atoms with Gasteiger partial charge in [0.05, 0.1) is 15.8 Å². The van der Waals surface area contributed by atoms with Crippen LogP contribution in [0.25, 0.3) is 0 Å². The third-order valence-corrected chi connectivity index (χ3v) is 5.47. The van der Waals surface area contributed by atoms with Crippen LogP contribution < -0.4 is 0 Å². The van der Waals surface area contributed by atoms with Crippen LogP contribution >= 0.6 is 23.4 Å². The second-order valence-corrected chi connectivity index (χ2v) is 7.81. The summed E-state index contributed by atoms with van der Waals surface area (Å²) in [6.07, 6.45) is 3.73. The molecule has 1 aliphatic heterocycles. The van der Waals surface area contributed by atoms with Crippen LogP contribution in [0.4, 0.5) is 0 Å². The Balaban J connectivity index is 1.63. The molecular formula is C19H19ClN2O2S. The molecule has 1 aliphatic rings. The van der Waals surface area contributed by atoms with Gasteiger partial charge in [-0.3, -0.25) is 9.59 Å². The molecule has 4 nitrogen and oxygen atoms in total. The molecule has 1 aromatic heterocycles. The summed E-state index contributed by atoms with van der Waals surface area (Å²) in [5.41, 5.74) is 1.23. The number of hydrogen-bond acceptors (Lipinski definition) is 4. The van der Waals surface area contributed by atoms with Crippen LogP contribution in [0.3, 0.4) is 0 Å². The second kappa shape index (κ2) is 8.02. The maximum atomic E-state index is 12.5. The number of benzene rings is 1. The number of nitrogens with zero attached hydrogens (tertiary/aromatic N) is 2. The van der Waals surface area contributed by atoms with Gasteiger partial charge in [-0.05, 0) is 56.2 Å². The van der Waals surface area contributed by atoms with E-state index in [1.54, 1.807) is 42.6 Å². The molecule has 1 amide bonds. The smallest absolute Gasteiger partial charge is 0.255 e. The van der Waals surface area contributed by atoms with Crippen LogP contribution in [0.1, 0.15) is 40.5 Å². The van der Waals surface area contributed by atoms with Crippen LogP contribution in [-0.4, -0.2) is 39.9 Å². The molecule has 0 radical (unpaired) electrons. The van der Waals surface area contributed by atoms with Crippen molar-refractivity contribution in [2.45, 2.75) is 30.0 Å². The fourth-order valence-corrected chi connectivity index (χ4v) is 3.75. The summed E-state index contributed by atoms with van der Waals surface area (Å²) in [5, 5.41) is 1.07. The van der Waals surface area contributed by atoms with E-state index in [1.165, 1.54) is 11.8 Å². The molecule has 3 rings (SSSR count). The average molecular weight is 375 g/mol. The Labute approximate surface area is 156 Å². The highest BCUT2D eigenvalue weighted by Crippen LogP contribution is 2.25. The fraction of sp³-hybridized carbons (Fsp3) is 0.316. The van der Waals surface area contributed by atoms with E-state index in [9.17, 15) is 9.59 Å². The number of hydrogen-bond donors (Lipinski definition) is 0. The summed E-state index contributed by atoms with van der Waals surface area (Å²) in [4.78, 5) is 31.0. The number of halogens is 1. The van der Waals surface area contributed by atoms with Gasteiger partial charge in [0.1, 0.15) is 0 Å². The summed E-state index contributed by atoms with van der Waals surface area (Å²) >= 11 is 7.24. The largest absolute Gasteiger partial charge is 0.339 e. The van der Waals surface area contributed by atoms with E-state index in [4.69, 9.17) is 11.6 Å². The van der Waals surface area contributed by atoms with Gasteiger partial charge in [-0.1, -0.05) is 23.4 Å². The molecule has 6 heteroatoms. The van der Waals surface area contributed by atoms with Gasteiger partial charge in [0, 0.05) is 29.9 Å². The average Bonchev–Trinajstić information content (AvgIpc) is 3.16. The van der Waals surface area contributed by atoms with Gasteiger partial charge in [0.15, 0.2) is 5.78 Å². The van der Waals surface area contributed by atoms with Crippen molar-refractivity contribution < 1.29 is 9.59 Å². The van der Waals surface area contributed by atoms with Crippen LogP contribution in [0.5, 0.6) is 0 Å². The number of rotatable bonds is 5. The topological polar surface area (TPSA) is 50.3 Å². The Morgan fingerprint density at radius 1 is 1.08 bits per heavy atom. The lowest BCUT2D eigenvalue weighted by Gasteiger charge is -2.15. The minimum atomic E-state index is -0.270. The van der Waals surface area contributed by atoms with Gasteiger partial charge in [0.2, 0.25) is 0 Å². The predicted octanol–water partition coefficient (Wildman–Crippen LogP) is 4.33. The molecule has 1 aromatic carbocycles. The second-order valence-electron chi connectivity index (χ2n) is 6.02. The highest BCUT2D eigenvalue weighted by Gasteiger charge is 2.20. The minimum Gasteiger partial charge on any atom is -0.339 e. The van der Waals surface area contributed by atoms with E-state index < -0.39 is 0 Å². The van der Waals surface area contributed by atoms with Crippen molar-refractivity contribution in [2.24, 2.45) is 0 Å². The highest BCUT2D eigenvalue weighted by molar-refractivity contribution is 8.00. The maximum Gasteiger partial charge on any atom is 0.255 e. The molecule has 0 aliphatic carbocycles. The molecular weight excluding hydrogens is 356 g/mol. The number of ketones is 1. The molecule has 0 saturated carbocycles. The van der Waals surface area contributed by atoms with Crippen molar-refractivity contribution in [3.63, 3.8) is 0 Å². The summed E-state index contributed by atoms with van der Waals surface area (Å²) in [6.45, 7) is 3.50. The van der Waals surface area contributed by atoms with E-state index in [-0.39, 0.29) is 16.9 Å². The van der Waals surface area contributed by atoms with Gasteiger partial charge in [0.25, 0.3) is 5.91 Å². The summed E-state index contributed by atoms with van der Waals surface area (Å²) in [5.74, 6) is 0.0625. The summed E-state index contributed by atoms with van der Waals surface area (Å²) in [6, 6.07) is 10.5. The highest BCUT2D eigenvalue weighted by atomic mass is 35.5. The normalized spacial score (nSPS) is 15.2. The lowest BCUT2D eigenvalue weighted by molar-refractivity contribution is 0.0792. The van der Waals surface area contributed by atoms with Crippen molar-refractivity contribution in [3.8, 4) is 0 Å². The molecule has 1 saturated heterocycles. The monoisotopic (exact) mass is 374 g/mol. The number of Topliss-reactive ketones (excluding diaryl/α,β-unsaturated/α-hetero) is 1. The standard InChI is InChI=1S/C19H19ClN2O2S/c1-13(18(23)14-4-7-16(20)8-5-14)25-17-9-6-15(12-21-17)19(24)22-10-2-3-11-22/h4-9,12-13H,2-3,10-11H2,1H3/t13-/m1/s1. The first kappa shape index (κ1) is 18.0. The lowest BCUT2D eigenvalue weighted by atomic mass is 10.1. The number of thioether (sulfide) groups is 1. The van der Waals surface area contributed by atoms with Gasteiger partial charge < -0.3 is 4.90 Å². The van der Waals surface area contributed by atoms with E-state index in [0.717, 1.165) is 31.0 Å². The van der Waals surface area contributed by atoms with Crippen LogP contribution in [-0.2, 0) is 0 Å². The molecule has 1 atom stereocenters. The van der Waals surface area contributed by atoms with E-state index in [1.807, 2.05) is 11.8 Å². The first-order valence-electron chi connectivity index (χ1n) is 8.26. The number of carbonyl (C=O) groups excluding carboxylic acids is 2. The van der Waals surface area contributed by atoms with E-state index >= 15 is 0 Å². The number of aromatic nitrogens is 1. The third-order valence-electron chi connectivity index (χ3n) is 4.17. The first-order chi connectivity index (χ1) is 12.0. The van der Waals surface area contributed by atoms with Crippen molar-refractivity contribution in [1.82, 2.24) is 9.88 Å². The predicted molar refractivity (Wildman–Crippen MR) is 100 cm³/mol. The van der Waals surface area contributed by atoms with E-state index in [2.05, 4.69) is 4.98 Å². The van der Waals surface area contributed by atoms with Crippen molar-refractivity contribution in [2.75, 3.05) is 13.1 Å². The number of amides is 1. The zero-order chi connectivity index (χ0) is 17.8.